The van der Waals surface area contributed by atoms with Gasteiger partial charge in [-0.25, -0.2) is 0 Å². The number of pyridine rings is 1. The number of hydrogen-bond acceptors (Lipinski definition) is 6. The maximum Gasteiger partial charge on any atom is 0.373 e. The molecule has 146 valence electrons. The number of unbranched alkanes of at least 4 members (excludes halogenated alkanes) is 2. The van der Waals surface area contributed by atoms with Crippen molar-refractivity contribution in [3.63, 3.8) is 0 Å². The van der Waals surface area contributed by atoms with E-state index in [0.717, 1.165) is 35.9 Å². The van der Waals surface area contributed by atoms with Crippen LogP contribution < -0.4 is 10.5 Å². The lowest BCUT2D eigenvalue weighted by Gasteiger charge is -2.24. The van der Waals surface area contributed by atoms with E-state index in [0.29, 0.717) is 24.5 Å². The number of nitrogens with two attached hydrogens (primary N) is 1. The number of nitrogen functional groups attached to an aromatic ring is 1. The van der Waals surface area contributed by atoms with E-state index in [2.05, 4.69) is 11.9 Å². The Balaban J connectivity index is 0.00000114. The van der Waals surface area contributed by atoms with Crippen LogP contribution in [0.25, 0.3) is 10.9 Å². The number of ether oxygens (including phenoxy) is 1. The topological polar surface area (TPSA) is 99.3 Å². The molecule has 0 spiro atoms. The molecule has 6 nitrogen and oxygen atoms in total. The number of carbonyl (C=O) groups is 1. The van der Waals surface area contributed by atoms with E-state index < -0.39 is 5.41 Å². The van der Waals surface area contributed by atoms with Gasteiger partial charge in [-0.2, -0.15) is 9.59 Å². The number of fused-ring (bicyclic) bond motifs is 1. The zero-order valence-corrected chi connectivity index (χ0v) is 16.5. The summed E-state index contributed by atoms with van der Waals surface area (Å²) in [5.41, 5.74) is 7.99. The second kappa shape index (κ2) is 10.4. The first-order chi connectivity index (χ1) is 12.8. The van der Waals surface area contributed by atoms with Crippen LogP contribution in [0.15, 0.2) is 24.3 Å². The van der Waals surface area contributed by atoms with Crippen LogP contribution in [0.4, 0.5) is 5.69 Å². The van der Waals surface area contributed by atoms with Crippen molar-refractivity contribution in [3.05, 3.63) is 30.0 Å². The summed E-state index contributed by atoms with van der Waals surface area (Å²) in [5.74, 6) is 0.935. The van der Waals surface area contributed by atoms with Crippen molar-refractivity contribution in [3.8, 4) is 5.75 Å². The van der Waals surface area contributed by atoms with Crippen molar-refractivity contribution in [2.45, 2.75) is 53.4 Å². The predicted molar refractivity (Wildman–Crippen MR) is 104 cm³/mol. The van der Waals surface area contributed by atoms with E-state index in [4.69, 9.17) is 20.1 Å². The highest BCUT2D eigenvalue weighted by molar-refractivity contribution is 5.95. The van der Waals surface area contributed by atoms with Gasteiger partial charge >= 0.3 is 6.15 Å². The van der Waals surface area contributed by atoms with Gasteiger partial charge in [0.25, 0.3) is 0 Å². The average molecular weight is 372 g/mol. The molecule has 0 radical (unpaired) electrons. The first-order valence-electron chi connectivity index (χ1n) is 9.08. The van der Waals surface area contributed by atoms with Gasteiger partial charge in [-0.05, 0) is 45.4 Å². The van der Waals surface area contributed by atoms with E-state index in [9.17, 15) is 4.79 Å². The van der Waals surface area contributed by atoms with E-state index in [1.54, 1.807) is 0 Å². The van der Waals surface area contributed by atoms with Crippen LogP contribution in [0.3, 0.4) is 0 Å². The van der Waals surface area contributed by atoms with Crippen LogP contribution in [0, 0.1) is 12.3 Å². The molecule has 0 aliphatic heterocycles. The first-order valence-corrected chi connectivity index (χ1v) is 9.08. The zero-order valence-electron chi connectivity index (χ0n) is 16.5. The van der Waals surface area contributed by atoms with Crippen LogP contribution in [0.1, 0.15) is 52.1 Å². The van der Waals surface area contributed by atoms with Crippen molar-refractivity contribution in [1.29, 1.82) is 0 Å². The number of benzene rings is 1. The van der Waals surface area contributed by atoms with Gasteiger partial charge in [0.2, 0.25) is 0 Å². The van der Waals surface area contributed by atoms with E-state index in [1.165, 1.54) is 0 Å². The zero-order chi connectivity index (χ0) is 20.4. The summed E-state index contributed by atoms with van der Waals surface area (Å²) < 4.78 is 5.99. The molecular weight excluding hydrogens is 344 g/mol. The highest BCUT2D eigenvalue weighted by Crippen LogP contribution is 2.32. The SMILES string of the molecule is CCCCCC(=O)C(C)(C)COc1cccc2nc(C)cc(N)c12.O=C=O. The molecule has 1 aromatic carbocycles. The number of ketones is 1. The van der Waals surface area contributed by atoms with Gasteiger partial charge in [-0.1, -0.05) is 25.8 Å². The maximum atomic E-state index is 12.4. The number of hydrogen-bond donors (Lipinski definition) is 1. The monoisotopic (exact) mass is 372 g/mol. The lowest BCUT2D eigenvalue weighted by Crippen LogP contribution is -2.31. The highest BCUT2D eigenvalue weighted by atomic mass is 16.5. The number of carbonyl (C=O) groups excluding carboxylic acids is 3. The Morgan fingerprint density at radius 3 is 2.56 bits per heavy atom. The Bertz CT molecular complexity index is 809. The van der Waals surface area contributed by atoms with E-state index in [1.807, 2.05) is 45.0 Å². The van der Waals surface area contributed by atoms with Gasteiger partial charge in [-0.15, -0.1) is 0 Å². The lowest BCUT2D eigenvalue weighted by molar-refractivity contribution is -0.191. The Morgan fingerprint density at radius 1 is 1.26 bits per heavy atom. The molecule has 0 aliphatic carbocycles. The number of nitrogens with zero attached hydrogens (tertiary/aromatic N) is 1. The van der Waals surface area contributed by atoms with Crippen LogP contribution in [-0.4, -0.2) is 23.5 Å². The Hall–Kier alpha value is -2.72. The first kappa shape index (κ1) is 22.3. The third-order valence-corrected chi connectivity index (χ3v) is 4.30. The molecule has 0 aliphatic rings. The van der Waals surface area contributed by atoms with Gasteiger partial charge in [0.05, 0.1) is 16.3 Å². The van der Waals surface area contributed by atoms with Crippen molar-refractivity contribution < 1.29 is 19.1 Å². The van der Waals surface area contributed by atoms with Crippen LogP contribution in [0.2, 0.25) is 0 Å². The van der Waals surface area contributed by atoms with E-state index in [-0.39, 0.29) is 11.9 Å². The van der Waals surface area contributed by atoms with Gasteiger partial charge in [0, 0.05) is 17.8 Å². The number of aryl methyl sites for hydroxylation is 1. The minimum Gasteiger partial charge on any atom is -0.492 e. The molecule has 2 aromatic rings. The summed E-state index contributed by atoms with van der Waals surface area (Å²) in [6.07, 6.45) is 4.02. The summed E-state index contributed by atoms with van der Waals surface area (Å²) in [5, 5.41) is 0.817. The summed E-state index contributed by atoms with van der Waals surface area (Å²) >= 11 is 0. The molecule has 0 saturated carbocycles. The summed E-state index contributed by atoms with van der Waals surface area (Å²) in [4.78, 5) is 33.2. The summed E-state index contributed by atoms with van der Waals surface area (Å²) in [6, 6.07) is 7.55. The van der Waals surface area contributed by atoms with Crippen molar-refractivity contribution in [2.75, 3.05) is 12.3 Å². The second-order valence-corrected chi connectivity index (χ2v) is 7.14. The lowest BCUT2D eigenvalue weighted by atomic mass is 9.86. The molecule has 2 N–H and O–H groups in total. The predicted octanol–water partition coefficient (Wildman–Crippen LogP) is 4.10. The Labute approximate surface area is 160 Å². The minimum atomic E-state index is -0.511. The fraction of sp³-hybridized carbons (Fsp3) is 0.476. The van der Waals surface area contributed by atoms with Gasteiger partial charge in [0.1, 0.15) is 18.1 Å². The Morgan fingerprint density at radius 2 is 1.93 bits per heavy atom. The number of aromatic nitrogens is 1. The van der Waals surface area contributed by atoms with Gasteiger partial charge < -0.3 is 10.5 Å². The maximum absolute atomic E-state index is 12.4. The third kappa shape index (κ3) is 6.50. The minimum absolute atomic E-state index is 0.248. The molecule has 6 heteroatoms. The van der Waals surface area contributed by atoms with Gasteiger partial charge in [-0.3, -0.25) is 9.78 Å². The Kier molecular flexibility index (Phi) is 8.63. The molecule has 0 atom stereocenters. The fourth-order valence-electron chi connectivity index (χ4n) is 2.76. The molecule has 1 aromatic heterocycles. The molecular formula is C21H28N2O4. The molecule has 2 rings (SSSR count). The average Bonchev–Trinajstić information content (AvgIpc) is 2.60. The molecule has 0 amide bonds. The molecule has 0 saturated heterocycles. The molecule has 1 heterocycles. The largest absolute Gasteiger partial charge is 0.492 e. The smallest absolute Gasteiger partial charge is 0.373 e. The van der Waals surface area contributed by atoms with Crippen molar-refractivity contribution in [1.82, 2.24) is 4.98 Å². The van der Waals surface area contributed by atoms with E-state index >= 15 is 0 Å². The normalized spacial score (nSPS) is 10.7. The molecule has 0 fully saturated rings. The molecule has 27 heavy (non-hydrogen) atoms. The molecule has 0 bridgehead atoms. The van der Waals surface area contributed by atoms with Crippen molar-refractivity contribution >= 4 is 28.5 Å². The summed E-state index contributed by atoms with van der Waals surface area (Å²) in [7, 11) is 0. The highest BCUT2D eigenvalue weighted by Gasteiger charge is 2.28. The fourth-order valence-corrected chi connectivity index (χ4v) is 2.76. The number of Topliss-reactive ketones (excluding diaryl/α,β-unsaturated/α-hetero) is 1. The quantitative estimate of drug-likeness (QED) is 0.700. The standard InChI is InChI=1S/C20H28N2O2.CO2/c1-5-6-7-11-18(23)20(3,4)13-24-17-10-8-9-16-19(17)15(21)12-14(2)22-16;2-1-3/h8-10,12H,5-7,11,13H2,1-4H3,(H2,21,22);. The van der Waals surface area contributed by atoms with Crippen molar-refractivity contribution in [2.24, 2.45) is 5.41 Å². The van der Waals surface area contributed by atoms with Crippen LogP contribution >= 0.6 is 0 Å². The number of rotatable bonds is 8. The molecule has 0 unspecified atom stereocenters. The van der Waals surface area contributed by atoms with Gasteiger partial charge in [0.15, 0.2) is 0 Å². The van der Waals surface area contributed by atoms with Crippen LogP contribution in [-0.2, 0) is 14.4 Å². The second-order valence-electron chi connectivity index (χ2n) is 7.14. The third-order valence-electron chi connectivity index (χ3n) is 4.30. The van der Waals surface area contributed by atoms with Crippen LogP contribution in [0.5, 0.6) is 5.75 Å². The summed E-state index contributed by atoms with van der Waals surface area (Å²) in [6.45, 7) is 8.28. The number of anilines is 1.